The third kappa shape index (κ3) is 3.28. The third-order valence-electron chi connectivity index (χ3n) is 3.58. The summed E-state index contributed by atoms with van der Waals surface area (Å²) in [6, 6.07) is 0. The Morgan fingerprint density at radius 2 is 2.32 bits per heavy atom. The van der Waals surface area contributed by atoms with E-state index < -0.39 is 6.10 Å². The molecule has 0 aliphatic carbocycles. The lowest BCUT2D eigenvalue weighted by Gasteiger charge is -2.33. The largest absolute Gasteiger partial charge is 0.390 e. The smallest absolute Gasteiger partial charge is 0.0964 e. The quantitative estimate of drug-likeness (QED) is 0.901. The summed E-state index contributed by atoms with van der Waals surface area (Å²) in [4.78, 5) is 2.17. The molecule has 1 aliphatic heterocycles. The van der Waals surface area contributed by atoms with Gasteiger partial charge >= 0.3 is 0 Å². The minimum absolute atomic E-state index is 0.157. The molecule has 1 aromatic heterocycles. The summed E-state index contributed by atoms with van der Waals surface area (Å²) < 4.78 is 7.49. The Hall–Kier alpha value is -0.620. The van der Waals surface area contributed by atoms with Gasteiger partial charge < -0.3 is 14.7 Å². The molecule has 0 radical (unpaired) electrons. The first-order valence-electron chi connectivity index (χ1n) is 6.73. The number of ether oxygens (including phenoxy) is 1. The number of halogens is 1. The standard InChI is InChI=1S/C13H22ClN3O2/c1-4-17-10(13(14)9(2)15-17)7-11(18)12-8-16(3)5-6-19-12/h11-12,18H,4-8H2,1-3H3. The molecule has 2 atom stereocenters. The highest BCUT2D eigenvalue weighted by Crippen LogP contribution is 2.23. The fourth-order valence-electron chi connectivity index (χ4n) is 2.44. The van der Waals surface area contributed by atoms with Crippen molar-refractivity contribution in [1.29, 1.82) is 0 Å². The van der Waals surface area contributed by atoms with Crippen LogP contribution in [0.4, 0.5) is 0 Å². The molecule has 2 heterocycles. The zero-order valence-corrected chi connectivity index (χ0v) is 12.5. The average molecular weight is 288 g/mol. The average Bonchev–Trinajstić information content (AvgIpc) is 2.66. The second kappa shape index (κ2) is 6.22. The minimum Gasteiger partial charge on any atom is -0.390 e. The summed E-state index contributed by atoms with van der Waals surface area (Å²) in [6.07, 6.45) is -0.233. The lowest BCUT2D eigenvalue weighted by Crippen LogP contribution is -2.46. The molecule has 1 aromatic rings. The Morgan fingerprint density at radius 1 is 1.58 bits per heavy atom. The zero-order valence-electron chi connectivity index (χ0n) is 11.8. The van der Waals surface area contributed by atoms with Crippen molar-refractivity contribution in [3.8, 4) is 0 Å². The number of nitrogens with zero attached hydrogens (tertiary/aromatic N) is 3. The minimum atomic E-state index is -0.554. The molecule has 2 rings (SSSR count). The molecule has 1 N–H and O–H groups in total. The third-order valence-corrected chi connectivity index (χ3v) is 4.07. The van der Waals surface area contributed by atoms with Gasteiger partial charge in [0.25, 0.3) is 0 Å². The SMILES string of the molecule is CCn1nc(C)c(Cl)c1CC(O)C1CN(C)CCO1. The Bertz CT molecular complexity index is 436. The fourth-order valence-corrected chi connectivity index (χ4v) is 2.65. The molecule has 19 heavy (non-hydrogen) atoms. The van der Waals surface area contributed by atoms with Crippen molar-refractivity contribution < 1.29 is 9.84 Å². The van der Waals surface area contributed by atoms with E-state index in [0.717, 1.165) is 31.0 Å². The first kappa shape index (κ1) is 14.8. The Morgan fingerprint density at radius 3 is 2.95 bits per heavy atom. The van der Waals surface area contributed by atoms with E-state index in [4.69, 9.17) is 16.3 Å². The second-order valence-electron chi connectivity index (χ2n) is 5.10. The Balaban J connectivity index is 2.07. The zero-order chi connectivity index (χ0) is 14.0. The predicted octanol–water partition coefficient (Wildman–Crippen LogP) is 1.10. The van der Waals surface area contributed by atoms with Crippen LogP contribution in [0.25, 0.3) is 0 Å². The maximum atomic E-state index is 10.3. The van der Waals surface area contributed by atoms with E-state index in [0.29, 0.717) is 18.1 Å². The van der Waals surface area contributed by atoms with Crippen molar-refractivity contribution >= 4 is 11.6 Å². The molecule has 6 heteroatoms. The van der Waals surface area contributed by atoms with Crippen molar-refractivity contribution in [2.75, 3.05) is 26.7 Å². The van der Waals surface area contributed by atoms with Crippen LogP contribution in [0.2, 0.25) is 5.02 Å². The molecule has 1 fully saturated rings. The van der Waals surface area contributed by atoms with E-state index in [2.05, 4.69) is 10.00 Å². The summed E-state index contributed by atoms with van der Waals surface area (Å²) in [5, 5.41) is 15.4. The van der Waals surface area contributed by atoms with Gasteiger partial charge in [0, 0.05) is 26.1 Å². The molecule has 0 bridgehead atoms. The number of morpholine rings is 1. The molecule has 0 aromatic carbocycles. The highest BCUT2D eigenvalue weighted by atomic mass is 35.5. The summed E-state index contributed by atoms with van der Waals surface area (Å²) >= 11 is 6.26. The van der Waals surface area contributed by atoms with E-state index in [1.807, 2.05) is 25.6 Å². The molecule has 2 unspecified atom stereocenters. The first-order chi connectivity index (χ1) is 9.02. The van der Waals surface area contributed by atoms with E-state index >= 15 is 0 Å². The number of aromatic nitrogens is 2. The summed E-state index contributed by atoms with van der Waals surface area (Å²) in [6.45, 7) is 6.98. The van der Waals surface area contributed by atoms with Crippen LogP contribution in [0.5, 0.6) is 0 Å². The second-order valence-corrected chi connectivity index (χ2v) is 5.48. The molecule has 108 valence electrons. The number of hydrogen-bond acceptors (Lipinski definition) is 4. The number of hydrogen-bond donors (Lipinski definition) is 1. The van der Waals surface area contributed by atoms with E-state index in [9.17, 15) is 5.11 Å². The van der Waals surface area contributed by atoms with Crippen LogP contribution in [-0.2, 0) is 17.7 Å². The summed E-state index contributed by atoms with van der Waals surface area (Å²) in [5.74, 6) is 0. The van der Waals surface area contributed by atoms with Crippen LogP contribution in [0.15, 0.2) is 0 Å². The van der Waals surface area contributed by atoms with Crippen molar-refractivity contribution in [2.24, 2.45) is 0 Å². The summed E-state index contributed by atoms with van der Waals surface area (Å²) in [5.41, 5.74) is 1.71. The van der Waals surface area contributed by atoms with Gasteiger partial charge in [0.15, 0.2) is 0 Å². The van der Waals surface area contributed by atoms with Gasteiger partial charge in [-0.25, -0.2) is 0 Å². The maximum absolute atomic E-state index is 10.3. The number of aryl methyl sites for hydroxylation is 2. The lowest BCUT2D eigenvalue weighted by atomic mass is 10.1. The van der Waals surface area contributed by atoms with Crippen LogP contribution >= 0.6 is 11.6 Å². The van der Waals surface area contributed by atoms with Crippen molar-refractivity contribution in [3.63, 3.8) is 0 Å². The molecule has 1 aliphatic rings. The van der Waals surface area contributed by atoms with E-state index in [-0.39, 0.29) is 6.10 Å². The number of aliphatic hydroxyl groups excluding tert-OH is 1. The topological polar surface area (TPSA) is 50.5 Å². The predicted molar refractivity (Wildman–Crippen MR) is 74.6 cm³/mol. The van der Waals surface area contributed by atoms with Gasteiger partial charge in [-0.3, -0.25) is 4.68 Å². The van der Waals surface area contributed by atoms with E-state index in [1.54, 1.807) is 0 Å². The van der Waals surface area contributed by atoms with Gasteiger partial charge in [0.1, 0.15) is 0 Å². The molecule has 0 saturated carbocycles. The highest BCUT2D eigenvalue weighted by Gasteiger charge is 2.27. The molecule has 0 spiro atoms. The normalized spacial score (nSPS) is 22.7. The Labute approximate surface area is 119 Å². The number of aliphatic hydroxyl groups is 1. The van der Waals surface area contributed by atoms with Gasteiger partial charge in [-0.15, -0.1) is 0 Å². The van der Waals surface area contributed by atoms with Crippen LogP contribution in [0, 0.1) is 6.92 Å². The highest BCUT2D eigenvalue weighted by molar-refractivity contribution is 6.31. The van der Waals surface area contributed by atoms with E-state index in [1.165, 1.54) is 0 Å². The van der Waals surface area contributed by atoms with Gasteiger partial charge in [0.05, 0.1) is 35.2 Å². The van der Waals surface area contributed by atoms with Crippen LogP contribution in [-0.4, -0.2) is 58.7 Å². The van der Waals surface area contributed by atoms with Gasteiger partial charge in [0.2, 0.25) is 0 Å². The molecule has 1 saturated heterocycles. The van der Waals surface area contributed by atoms with Gasteiger partial charge in [-0.2, -0.15) is 5.10 Å². The number of rotatable bonds is 4. The fraction of sp³-hybridized carbons (Fsp3) is 0.769. The maximum Gasteiger partial charge on any atom is 0.0964 e. The Kier molecular flexibility index (Phi) is 4.84. The monoisotopic (exact) mass is 287 g/mol. The van der Waals surface area contributed by atoms with Crippen molar-refractivity contribution in [3.05, 3.63) is 16.4 Å². The molecular weight excluding hydrogens is 266 g/mol. The van der Waals surface area contributed by atoms with Crippen molar-refractivity contribution in [1.82, 2.24) is 14.7 Å². The molecule has 5 nitrogen and oxygen atoms in total. The first-order valence-corrected chi connectivity index (χ1v) is 7.10. The van der Waals surface area contributed by atoms with Gasteiger partial charge in [-0.05, 0) is 20.9 Å². The molecule has 0 amide bonds. The lowest BCUT2D eigenvalue weighted by molar-refractivity contribution is -0.0827. The molecular formula is C13H22ClN3O2. The van der Waals surface area contributed by atoms with Crippen LogP contribution in [0.3, 0.4) is 0 Å². The van der Waals surface area contributed by atoms with Crippen molar-refractivity contribution in [2.45, 2.75) is 39.0 Å². The van der Waals surface area contributed by atoms with Gasteiger partial charge in [-0.1, -0.05) is 11.6 Å². The number of likely N-dealkylation sites (N-methyl/N-ethyl adjacent to an activating group) is 1. The van der Waals surface area contributed by atoms with Crippen LogP contribution in [0.1, 0.15) is 18.3 Å². The van der Waals surface area contributed by atoms with Crippen LogP contribution < -0.4 is 0 Å². The summed E-state index contributed by atoms with van der Waals surface area (Å²) in [7, 11) is 2.04.